The van der Waals surface area contributed by atoms with Crippen molar-refractivity contribution >= 4 is 57.1 Å². The number of ether oxygens (including phenoxy) is 1. The molecule has 2 aromatic rings. The van der Waals surface area contributed by atoms with E-state index in [0.717, 1.165) is 7.40 Å². The molecule has 0 unspecified atom stereocenters. The quantitative estimate of drug-likeness (QED) is 0.414. The Hall–Kier alpha value is -1.18. The fraction of sp³-hybridized carbons (Fsp3) is 0.556. The fourth-order valence-corrected chi connectivity index (χ4v) is 2.61. The number of aliphatic carboxylic acids is 1. The number of rotatable bonds is 4. The van der Waals surface area contributed by atoms with Crippen molar-refractivity contribution in [2.45, 2.75) is 65.1 Å². The maximum absolute atomic E-state index is 12.0. The van der Waals surface area contributed by atoms with Gasteiger partial charge in [-0.25, -0.2) is 9.59 Å². The SMILES string of the molecule is CC(C)(C(=O)O)n1ccc(I)n1.CC(C)(C)OC(=O)C(C)(C)n1ccc(I)n1. The predicted octanol–water partition coefficient (Wildman–Crippen LogP) is 3.87. The number of carbonyl (C=O) groups is 2. The Morgan fingerprint density at radius 1 is 0.893 bits per heavy atom. The van der Waals surface area contributed by atoms with Crippen LogP contribution in [0.4, 0.5) is 0 Å². The minimum Gasteiger partial charge on any atom is -0.479 e. The van der Waals surface area contributed by atoms with Crippen LogP contribution in [-0.4, -0.2) is 42.2 Å². The molecule has 0 saturated carbocycles. The molecule has 28 heavy (non-hydrogen) atoms. The van der Waals surface area contributed by atoms with Gasteiger partial charge in [0.25, 0.3) is 0 Å². The third-order valence-corrected chi connectivity index (χ3v) is 4.83. The van der Waals surface area contributed by atoms with Gasteiger partial charge in [-0.2, -0.15) is 10.2 Å². The summed E-state index contributed by atoms with van der Waals surface area (Å²) in [6, 6.07) is 3.62. The smallest absolute Gasteiger partial charge is 0.334 e. The molecule has 0 spiro atoms. The summed E-state index contributed by atoms with van der Waals surface area (Å²) < 4.78 is 10.1. The summed E-state index contributed by atoms with van der Waals surface area (Å²) in [7, 11) is 0. The summed E-state index contributed by atoms with van der Waals surface area (Å²) in [5, 5.41) is 17.1. The van der Waals surface area contributed by atoms with Gasteiger partial charge in [0.2, 0.25) is 0 Å². The molecule has 0 aliphatic rings. The number of esters is 1. The van der Waals surface area contributed by atoms with E-state index < -0.39 is 22.6 Å². The number of hydrogen-bond acceptors (Lipinski definition) is 5. The van der Waals surface area contributed by atoms with Crippen LogP contribution in [-0.2, 0) is 25.4 Å². The van der Waals surface area contributed by atoms with E-state index in [-0.39, 0.29) is 5.97 Å². The Morgan fingerprint density at radius 3 is 1.57 bits per heavy atom. The van der Waals surface area contributed by atoms with E-state index >= 15 is 0 Å². The van der Waals surface area contributed by atoms with E-state index in [1.165, 1.54) is 4.68 Å². The van der Waals surface area contributed by atoms with Gasteiger partial charge in [0.05, 0.1) is 0 Å². The molecule has 0 aliphatic carbocycles. The summed E-state index contributed by atoms with van der Waals surface area (Å²) in [4.78, 5) is 22.8. The highest BCUT2D eigenvalue weighted by Crippen LogP contribution is 2.21. The second kappa shape index (κ2) is 9.09. The zero-order chi connectivity index (χ0) is 21.9. The highest BCUT2D eigenvalue weighted by atomic mass is 127. The van der Waals surface area contributed by atoms with Crippen molar-refractivity contribution in [1.82, 2.24) is 19.6 Å². The van der Waals surface area contributed by atoms with Crippen LogP contribution in [0.1, 0.15) is 48.5 Å². The van der Waals surface area contributed by atoms with E-state index in [2.05, 4.69) is 32.8 Å². The lowest BCUT2D eigenvalue weighted by molar-refractivity contribution is -0.164. The van der Waals surface area contributed by atoms with E-state index in [9.17, 15) is 9.59 Å². The lowest BCUT2D eigenvalue weighted by Gasteiger charge is -2.28. The standard InChI is InChI=1S/C11H17IN2O2.C7H9IN2O2/c1-10(2,3)16-9(15)11(4,5)14-7-6-8(12)13-14;1-7(2,6(11)12)10-4-3-5(8)9-10/h6-7H,1-5H3;3-4H,1-2H3,(H,11,12). The largest absolute Gasteiger partial charge is 0.479 e. The number of carbonyl (C=O) groups excluding carboxylic acids is 1. The van der Waals surface area contributed by atoms with Crippen molar-refractivity contribution in [1.29, 1.82) is 0 Å². The lowest BCUT2D eigenvalue weighted by atomic mass is 10.1. The van der Waals surface area contributed by atoms with Crippen LogP contribution < -0.4 is 0 Å². The average Bonchev–Trinajstić information content (AvgIpc) is 3.15. The zero-order valence-electron chi connectivity index (χ0n) is 17.0. The third-order valence-electron chi connectivity index (χ3n) is 3.68. The zero-order valence-corrected chi connectivity index (χ0v) is 21.3. The predicted molar refractivity (Wildman–Crippen MR) is 122 cm³/mol. The van der Waals surface area contributed by atoms with Gasteiger partial charge in [-0.3, -0.25) is 9.36 Å². The molecule has 0 fully saturated rings. The van der Waals surface area contributed by atoms with Gasteiger partial charge in [-0.05, 0) is 106 Å². The first-order valence-electron chi connectivity index (χ1n) is 8.47. The molecule has 1 N–H and O–H groups in total. The van der Waals surface area contributed by atoms with Crippen molar-refractivity contribution < 1.29 is 19.4 Å². The average molecular weight is 616 g/mol. The highest BCUT2D eigenvalue weighted by Gasteiger charge is 2.35. The van der Waals surface area contributed by atoms with E-state index in [1.54, 1.807) is 50.8 Å². The van der Waals surface area contributed by atoms with Gasteiger partial charge >= 0.3 is 11.9 Å². The van der Waals surface area contributed by atoms with Crippen LogP contribution in [0.3, 0.4) is 0 Å². The molecular formula is C18H26I2N4O4. The van der Waals surface area contributed by atoms with Crippen molar-refractivity contribution in [3.05, 3.63) is 31.9 Å². The fourth-order valence-electron chi connectivity index (χ4n) is 1.82. The van der Waals surface area contributed by atoms with Crippen LogP contribution in [0.2, 0.25) is 0 Å². The maximum Gasteiger partial charge on any atom is 0.334 e. The second-order valence-corrected chi connectivity index (χ2v) is 10.3. The van der Waals surface area contributed by atoms with Crippen LogP contribution >= 0.6 is 45.2 Å². The van der Waals surface area contributed by atoms with Crippen LogP contribution in [0.25, 0.3) is 0 Å². The molecule has 10 heteroatoms. The highest BCUT2D eigenvalue weighted by molar-refractivity contribution is 14.1. The minimum atomic E-state index is -0.969. The normalized spacial score (nSPS) is 12.2. The molecular weight excluding hydrogens is 590 g/mol. The van der Waals surface area contributed by atoms with Crippen LogP contribution in [0.15, 0.2) is 24.5 Å². The molecule has 0 saturated heterocycles. The molecule has 8 nitrogen and oxygen atoms in total. The minimum absolute atomic E-state index is 0.278. The Kier molecular flexibility index (Phi) is 8.07. The van der Waals surface area contributed by atoms with Crippen LogP contribution in [0, 0.1) is 7.40 Å². The Morgan fingerprint density at radius 2 is 1.29 bits per heavy atom. The number of carboxylic acids is 1. The molecule has 0 amide bonds. The first-order chi connectivity index (χ1) is 12.6. The number of nitrogens with zero attached hydrogens (tertiary/aromatic N) is 4. The van der Waals surface area contributed by atoms with Crippen molar-refractivity contribution in [3.8, 4) is 0 Å². The first-order valence-corrected chi connectivity index (χ1v) is 10.6. The van der Waals surface area contributed by atoms with Gasteiger partial charge < -0.3 is 9.84 Å². The van der Waals surface area contributed by atoms with Gasteiger partial charge in [-0.1, -0.05) is 0 Å². The van der Waals surface area contributed by atoms with Gasteiger partial charge in [0, 0.05) is 12.4 Å². The maximum atomic E-state index is 12.0. The lowest BCUT2D eigenvalue weighted by Crippen LogP contribution is -2.41. The number of hydrogen-bond donors (Lipinski definition) is 1. The Labute approximate surface area is 192 Å². The summed E-state index contributed by atoms with van der Waals surface area (Å²) >= 11 is 4.15. The van der Waals surface area contributed by atoms with Crippen molar-refractivity contribution in [3.63, 3.8) is 0 Å². The summed E-state index contributed by atoms with van der Waals surface area (Å²) in [6.45, 7) is 12.4. The third kappa shape index (κ3) is 6.71. The molecule has 2 heterocycles. The molecule has 0 atom stereocenters. The molecule has 0 bridgehead atoms. The summed E-state index contributed by atoms with van der Waals surface area (Å²) in [5.74, 6) is -1.17. The summed E-state index contributed by atoms with van der Waals surface area (Å²) in [5.41, 5.74) is -2.23. The number of carboxylic acid groups (broad SMARTS) is 1. The van der Waals surface area contributed by atoms with Gasteiger partial charge in [-0.15, -0.1) is 0 Å². The van der Waals surface area contributed by atoms with E-state index in [4.69, 9.17) is 9.84 Å². The number of aromatic nitrogens is 4. The first kappa shape index (κ1) is 24.9. The van der Waals surface area contributed by atoms with Gasteiger partial charge in [0.1, 0.15) is 13.0 Å². The van der Waals surface area contributed by atoms with E-state index in [0.29, 0.717) is 0 Å². The number of halogens is 2. The molecule has 0 radical (unpaired) electrons. The summed E-state index contributed by atoms with van der Waals surface area (Å²) in [6.07, 6.45) is 3.45. The van der Waals surface area contributed by atoms with Crippen LogP contribution in [0.5, 0.6) is 0 Å². The topological polar surface area (TPSA) is 99.2 Å². The Balaban J connectivity index is 0.000000292. The van der Waals surface area contributed by atoms with Crippen molar-refractivity contribution in [2.24, 2.45) is 0 Å². The molecule has 2 rings (SSSR count). The second-order valence-electron chi connectivity index (χ2n) is 8.09. The molecule has 2 aromatic heterocycles. The molecule has 0 aliphatic heterocycles. The molecule has 0 aromatic carbocycles. The van der Waals surface area contributed by atoms with Crippen molar-refractivity contribution in [2.75, 3.05) is 0 Å². The monoisotopic (exact) mass is 616 g/mol. The van der Waals surface area contributed by atoms with Gasteiger partial charge in [0.15, 0.2) is 11.1 Å². The van der Waals surface area contributed by atoms with E-state index in [1.807, 2.05) is 49.4 Å². The molecule has 156 valence electrons. The Bertz CT molecular complexity index is 835.